The summed E-state index contributed by atoms with van der Waals surface area (Å²) in [6.45, 7) is 3.16. The first kappa shape index (κ1) is 12.8. The minimum Gasteiger partial charge on any atom is -0.329 e. The molecule has 1 aromatic carbocycles. The standard InChI is InChI=1S/C15H19N3S/c1-11-9-12(10-17-13-4-5-13)3-6-14(11)19-15-16-7-8-18(15)2/h3,6-9,13,17H,4-5,10H2,1-2H3. The summed E-state index contributed by atoms with van der Waals surface area (Å²) in [7, 11) is 2.03. The average Bonchev–Trinajstić information content (AvgIpc) is 3.14. The first-order valence-electron chi connectivity index (χ1n) is 6.70. The third-order valence-electron chi connectivity index (χ3n) is 3.39. The third-order valence-corrected chi connectivity index (χ3v) is 4.64. The van der Waals surface area contributed by atoms with E-state index in [2.05, 4.69) is 35.4 Å². The van der Waals surface area contributed by atoms with Gasteiger partial charge in [-0.15, -0.1) is 0 Å². The van der Waals surface area contributed by atoms with Gasteiger partial charge < -0.3 is 9.88 Å². The molecule has 1 fully saturated rings. The largest absolute Gasteiger partial charge is 0.329 e. The molecule has 0 unspecified atom stereocenters. The van der Waals surface area contributed by atoms with Crippen molar-refractivity contribution in [2.24, 2.45) is 7.05 Å². The van der Waals surface area contributed by atoms with E-state index in [0.29, 0.717) is 0 Å². The number of hydrogen-bond acceptors (Lipinski definition) is 3. The van der Waals surface area contributed by atoms with Crippen molar-refractivity contribution >= 4 is 11.8 Å². The van der Waals surface area contributed by atoms with Gasteiger partial charge in [0.15, 0.2) is 5.16 Å². The van der Waals surface area contributed by atoms with Gasteiger partial charge in [-0.05, 0) is 37.0 Å². The van der Waals surface area contributed by atoms with Crippen LogP contribution < -0.4 is 5.32 Å². The highest BCUT2D eigenvalue weighted by Crippen LogP contribution is 2.29. The van der Waals surface area contributed by atoms with Crippen LogP contribution in [0, 0.1) is 6.92 Å². The molecule has 19 heavy (non-hydrogen) atoms. The minimum atomic E-state index is 0.766. The molecule has 1 aliphatic carbocycles. The van der Waals surface area contributed by atoms with E-state index in [1.54, 1.807) is 11.8 Å². The number of hydrogen-bond donors (Lipinski definition) is 1. The van der Waals surface area contributed by atoms with Crippen LogP contribution in [0.2, 0.25) is 0 Å². The van der Waals surface area contributed by atoms with Gasteiger partial charge in [0, 0.05) is 36.9 Å². The van der Waals surface area contributed by atoms with Gasteiger partial charge in [0.05, 0.1) is 0 Å². The van der Waals surface area contributed by atoms with E-state index < -0.39 is 0 Å². The Morgan fingerprint density at radius 2 is 2.26 bits per heavy atom. The first-order valence-corrected chi connectivity index (χ1v) is 7.52. The lowest BCUT2D eigenvalue weighted by molar-refractivity contribution is 0.687. The molecule has 0 aliphatic heterocycles. The Hall–Kier alpha value is -1.26. The zero-order valence-electron chi connectivity index (χ0n) is 11.4. The molecular weight excluding hydrogens is 254 g/mol. The van der Waals surface area contributed by atoms with Gasteiger partial charge in [0.25, 0.3) is 0 Å². The molecule has 1 saturated carbocycles. The Balaban J connectivity index is 1.70. The van der Waals surface area contributed by atoms with Crippen LogP contribution in [-0.2, 0) is 13.6 Å². The first-order chi connectivity index (χ1) is 9.22. The highest BCUT2D eigenvalue weighted by Gasteiger charge is 2.19. The molecule has 1 aromatic heterocycles. The summed E-state index contributed by atoms with van der Waals surface area (Å²) in [6.07, 6.45) is 6.50. The molecule has 0 saturated heterocycles. The predicted octanol–water partition coefficient (Wildman–Crippen LogP) is 3.13. The number of aryl methyl sites for hydroxylation is 2. The van der Waals surface area contributed by atoms with Crippen LogP contribution in [0.3, 0.4) is 0 Å². The van der Waals surface area contributed by atoms with Crippen molar-refractivity contribution < 1.29 is 0 Å². The van der Waals surface area contributed by atoms with Crippen molar-refractivity contribution in [2.75, 3.05) is 0 Å². The van der Waals surface area contributed by atoms with Gasteiger partial charge in [-0.2, -0.15) is 0 Å². The number of benzene rings is 1. The number of imidazole rings is 1. The van der Waals surface area contributed by atoms with E-state index in [1.165, 1.54) is 28.9 Å². The van der Waals surface area contributed by atoms with Gasteiger partial charge >= 0.3 is 0 Å². The fraction of sp³-hybridized carbons (Fsp3) is 0.400. The molecule has 100 valence electrons. The predicted molar refractivity (Wildman–Crippen MR) is 78.4 cm³/mol. The molecule has 3 rings (SSSR count). The van der Waals surface area contributed by atoms with E-state index in [0.717, 1.165) is 17.7 Å². The van der Waals surface area contributed by atoms with E-state index in [-0.39, 0.29) is 0 Å². The summed E-state index contributed by atoms with van der Waals surface area (Å²) < 4.78 is 2.05. The molecular formula is C15H19N3S. The van der Waals surface area contributed by atoms with E-state index in [9.17, 15) is 0 Å². The Morgan fingerprint density at radius 1 is 1.42 bits per heavy atom. The molecule has 1 N–H and O–H groups in total. The second-order valence-corrected chi connectivity index (χ2v) is 6.19. The molecule has 0 bridgehead atoms. The molecule has 3 nitrogen and oxygen atoms in total. The van der Waals surface area contributed by atoms with Crippen LogP contribution in [0.25, 0.3) is 0 Å². The van der Waals surface area contributed by atoms with Crippen LogP contribution in [0.15, 0.2) is 40.6 Å². The second-order valence-electron chi connectivity index (χ2n) is 5.18. The lowest BCUT2D eigenvalue weighted by atomic mass is 10.1. The summed E-state index contributed by atoms with van der Waals surface area (Å²) in [5.41, 5.74) is 2.69. The summed E-state index contributed by atoms with van der Waals surface area (Å²) >= 11 is 1.72. The number of aromatic nitrogens is 2. The molecule has 0 atom stereocenters. The molecule has 0 amide bonds. The average molecular weight is 273 g/mol. The van der Waals surface area contributed by atoms with E-state index >= 15 is 0 Å². The molecule has 0 radical (unpaired) electrons. The summed E-state index contributed by atoms with van der Waals surface area (Å²) in [5, 5.41) is 4.59. The lowest BCUT2D eigenvalue weighted by Gasteiger charge is -2.09. The molecule has 2 aromatic rings. The Kier molecular flexibility index (Phi) is 3.62. The Bertz CT molecular complexity index is 573. The van der Waals surface area contributed by atoms with Crippen LogP contribution in [0.5, 0.6) is 0 Å². The monoisotopic (exact) mass is 273 g/mol. The van der Waals surface area contributed by atoms with Gasteiger partial charge in [-0.3, -0.25) is 0 Å². The smallest absolute Gasteiger partial charge is 0.172 e. The minimum absolute atomic E-state index is 0.766. The fourth-order valence-corrected chi connectivity index (χ4v) is 2.91. The highest BCUT2D eigenvalue weighted by atomic mass is 32.2. The maximum atomic E-state index is 4.36. The van der Waals surface area contributed by atoms with Crippen molar-refractivity contribution in [3.05, 3.63) is 41.7 Å². The maximum absolute atomic E-state index is 4.36. The van der Waals surface area contributed by atoms with Crippen molar-refractivity contribution in [3.8, 4) is 0 Å². The normalized spacial score (nSPS) is 14.8. The van der Waals surface area contributed by atoms with E-state index in [4.69, 9.17) is 0 Å². The highest BCUT2D eigenvalue weighted by molar-refractivity contribution is 7.99. The van der Waals surface area contributed by atoms with Crippen LogP contribution in [-0.4, -0.2) is 15.6 Å². The van der Waals surface area contributed by atoms with Crippen molar-refractivity contribution in [1.82, 2.24) is 14.9 Å². The zero-order valence-corrected chi connectivity index (χ0v) is 12.2. The van der Waals surface area contributed by atoms with Crippen LogP contribution >= 0.6 is 11.8 Å². The Labute approximate surface area is 118 Å². The number of nitrogens with zero attached hydrogens (tertiary/aromatic N) is 2. The van der Waals surface area contributed by atoms with E-state index in [1.807, 2.05) is 24.0 Å². The van der Waals surface area contributed by atoms with Crippen LogP contribution in [0.1, 0.15) is 24.0 Å². The van der Waals surface area contributed by atoms with Crippen molar-refractivity contribution in [1.29, 1.82) is 0 Å². The van der Waals surface area contributed by atoms with Crippen molar-refractivity contribution in [2.45, 2.75) is 42.4 Å². The molecule has 1 aliphatic rings. The number of rotatable bonds is 5. The SMILES string of the molecule is Cc1cc(CNC2CC2)ccc1Sc1nccn1C. The molecule has 1 heterocycles. The van der Waals surface area contributed by atoms with Crippen molar-refractivity contribution in [3.63, 3.8) is 0 Å². The quantitative estimate of drug-likeness (QED) is 0.907. The van der Waals surface area contributed by atoms with Crippen LogP contribution in [0.4, 0.5) is 0 Å². The topological polar surface area (TPSA) is 29.9 Å². The summed E-state index contributed by atoms with van der Waals surface area (Å²) in [6, 6.07) is 7.47. The summed E-state index contributed by atoms with van der Waals surface area (Å²) in [5.74, 6) is 0. The lowest BCUT2D eigenvalue weighted by Crippen LogP contribution is -2.15. The van der Waals surface area contributed by atoms with Gasteiger partial charge in [-0.25, -0.2) is 4.98 Å². The molecule has 4 heteroatoms. The van der Waals surface area contributed by atoms with Gasteiger partial charge in [0.2, 0.25) is 0 Å². The third kappa shape index (κ3) is 3.19. The fourth-order valence-electron chi connectivity index (χ4n) is 2.03. The van der Waals surface area contributed by atoms with Gasteiger partial charge in [-0.1, -0.05) is 23.9 Å². The molecule has 0 spiro atoms. The number of nitrogens with one attached hydrogen (secondary N) is 1. The Morgan fingerprint density at radius 3 is 2.89 bits per heavy atom. The van der Waals surface area contributed by atoms with Gasteiger partial charge in [0.1, 0.15) is 0 Å². The summed E-state index contributed by atoms with van der Waals surface area (Å²) in [4.78, 5) is 5.64. The maximum Gasteiger partial charge on any atom is 0.172 e. The zero-order chi connectivity index (χ0) is 13.2. The second kappa shape index (κ2) is 5.39.